The Balaban J connectivity index is 1.88. The van der Waals surface area contributed by atoms with Gasteiger partial charge in [-0.15, -0.1) is 0 Å². The van der Waals surface area contributed by atoms with E-state index in [0.717, 1.165) is 32.4 Å². The summed E-state index contributed by atoms with van der Waals surface area (Å²) in [5.74, 6) is 0.448. The summed E-state index contributed by atoms with van der Waals surface area (Å²) in [6.45, 7) is 1.80. The predicted molar refractivity (Wildman–Crippen MR) is 73.5 cm³/mol. The quantitative estimate of drug-likeness (QED) is 0.798. The van der Waals surface area contributed by atoms with Crippen LogP contribution in [0.3, 0.4) is 0 Å². The molecule has 0 radical (unpaired) electrons. The van der Waals surface area contributed by atoms with Crippen LogP contribution in [0.1, 0.15) is 17.5 Å². The van der Waals surface area contributed by atoms with Crippen molar-refractivity contribution in [2.45, 2.75) is 19.3 Å². The average Bonchev–Trinajstić information content (AvgIpc) is 2.81. The molecular formula is C15H22N2O. The second-order valence-electron chi connectivity index (χ2n) is 5.09. The van der Waals surface area contributed by atoms with Gasteiger partial charge in [-0.1, -0.05) is 24.3 Å². The third kappa shape index (κ3) is 2.91. The van der Waals surface area contributed by atoms with Crippen molar-refractivity contribution in [3.05, 3.63) is 35.4 Å². The number of nitrogens with zero attached hydrogens (tertiary/aromatic N) is 1. The second-order valence-corrected chi connectivity index (χ2v) is 5.09. The van der Waals surface area contributed by atoms with E-state index < -0.39 is 0 Å². The molecule has 0 saturated carbocycles. The topological polar surface area (TPSA) is 32.3 Å². The van der Waals surface area contributed by atoms with Crippen LogP contribution in [0.15, 0.2) is 24.3 Å². The highest BCUT2D eigenvalue weighted by atomic mass is 16.2. The van der Waals surface area contributed by atoms with Gasteiger partial charge >= 0.3 is 0 Å². The Morgan fingerprint density at radius 3 is 2.50 bits per heavy atom. The number of hydrogen-bond donors (Lipinski definition) is 1. The van der Waals surface area contributed by atoms with Crippen molar-refractivity contribution in [1.82, 2.24) is 10.2 Å². The third-order valence-corrected chi connectivity index (χ3v) is 3.70. The highest BCUT2D eigenvalue weighted by Gasteiger charge is 2.28. The highest BCUT2D eigenvalue weighted by Crippen LogP contribution is 2.27. The first kappa shape index (κ1) is 13.1. The fourth-order valence-corrected chi connectivity index (χ4v) is 2.65. The molecule has 3 heteroatoms. The Morgan fingerprint density at radius 1 is 1.33 bits per heavy atom. The van der Waals surface area contributed by atoms with Crippen molar-refractivity contribution in [3.8, 4) is 0 Å². The lowest BCUT2D eigenvalue weighted by Crippen LogP contribution is -2.35. The molecule has 1 aliphatic carbocycles. The smallest absolute Gasteiger partial charge is 0.226 e. The summed E-state index contributed by atoms with van der Waals surface area (Å²) in [6, 6.07) is 8.40. The van der Waals surface area contributed by atoms with Crippen LogP contribution in [0.4, 0.5) is 0 Å². The Morgan fingerprint density at radius 2 is 1.94 bits per heavy atom. The molecule has 1 aliphatic rings. The van der Waals surface area contributed by atoms with Crippen molar-refractivity contribution in [3.63, 3.8) is 0 Å². The van der Waals surface area contributed by atoms with Crippen LogP contribution in [0.2, 0.25) is 0 Å². The summed E-state index contributed by atoms with van der Waals surface area (Å²) in [5.41, 5.74) is 2.69. The maximum Gasteiger partial charge on any atom is 0.226 e. The average molecular weight is 246 g/mol. The SMILES string of the molecule is CNCCCN(C)C(=O)C1Cc2ccccc2C1. The predicted octanol–water partition coefficient (Wildman–Crippen LogP) is 1.47. The molecule has 1 N–H and O–H groups in total. The van der Waals surface area contributed by atoms with Crippen LogP contribution in [0, 0.1) is 5.92 Å². The van der Waals surface area contributed by atoms with Crippen molar-refractivity contribution in [1.29, 1.82) is 0 Å². The molecular weight excluding hydrogens is 224 g/mol. The van der Waals surface area contributed by atoms with Crippen LogP contribution in [0.5, 0.6) is 0 Å². The van der Waals surface area contributed by atoms with Crippen molar-refractivity contribution >= 4 is 5.91 Å². The zero-order valence-corrected chi connectivity index (χ0v) is 11.3. The summed E-state index contributed by atoms with van der Waals surface area (Å²) >= 11 is 0. The Labute approximate surface area is 109 Å². The molecule has 0 saturated heterocycles. The van der Waals surface area contributed by atoms with Crippen LogP contribution >= 0.6 is 0 Å². The first-order valence-electron chi connectivity index (χ1n) is 6.68. The molecule has 0 heterocycles. The molecule has 3 nitrogen and oxygen atoms in total. The van der Waals surface area contributed by atoms with Gasteiger partial charge in [-0.05, 0) is 44.0 Å². The van der Waals surface area contributed by atoms with Crippen LogP contribution in [0.25, 0.3) is 0 Å². The summed E-state index contributed by atoms with van der Waals surface area (Å²) in [6.07, 6.45) is 2.83. The molecule has 1 aromatic carbocycles. The number of nitrogens with one attached hydrogen (secondary N) is 1. The zero-order chi connectivity index (χ0) is 13.0. The van der Waals surface area contributed by atoms with E-state index in [1.807, 2.05) is 19.0 Å². The molecule has 0 bridgehead atoms. The second kappa shape index (κ2) is 6.01. The van der Waals surface area contributed by atoms with Gasteiger partial charge in [0.2, 0.25) is 5.91 Å². The Hall–Kier alpha value is -1.35. The molecule has 1 aromatic rings. The molecule has 18 heavy (non-hydrogen) atoms. The summed E-state index contributed by atoms with van der Waals surface area (Å²) in [7, 11) is 3.86. The van der Waals surface area contributed by atoms with Gasteiger partial charge in [-0.2, -0.15) is 0 Å². The number of hydrogen-bond acceptors (Lipinski definition) is 2. The lowest BCUT2D eigenvalue weighted by Gasteiger charge is -2.20. The van der Waals surface area contributed by atoms with E-state index in [4.69, 9.17) is 0 Å². The van der Waals surface area contributed by atoms with E-state index in [1.165, 1.54) is 11.1 Å². The Bertz CT molecular complexity index is 392. The minimum atomic E-state index is 0.155. The first-order valence-corrected chi connectivity index (χ1v) is 6.68. The number of fused-ring (bicyclic) bond motifs is 1. The minimum Gasteiger partial charge on any atom is -0.345 e. The fraction of sp³-hybridized carbons (Fsp3) is 0.533. The fourth-order valence-electron chi connectivity index (χ4n) is 2.65. The van der Waals surface area contributed by atoms with E-state index in [-0.39, 0.29) is 5.92 Å². The third-order valence-electron chi connectivity index (χ3n) is 3.70. The van der Waals surface area contributed by atoms with Gasteiger partial charge in [0.1, 0.15) is 0 Å². The van der Waals surface area contributed by atoms with Crippen LogP contribution < -0.4 is 5.32 Å². The standard InChI is InChI=1S/C15H22N2O/c1-16-8-5-9-17(2)15(18)14-10-12-6-3-4-7-13(12)11-14/h3-4,6-7,14,16H,5,8-11H2,1-2H3. The van der Waals surface area contributed by atoms with E-state index in [9.17, 15) is 4.79 Å². The van der Waals surface area contributed by atoms with Gasteiger partial charge < -0.3 is 10.2 Å². The van der Waals surface area contributed by atoms with Crippen molar-refractivity contribution in [2.75, 3.05) is 27.2 Å². The highest BCUT2D eigenvalue weighted by molar-refractivity contribution is 5.80. The Kier molecular flexibility index (Phi) is 4.37. The first-order chi connectivity index (χ1) is 8.72. The molecule has 2 rings (SSSR count). The van der Waals surface area contributed by atoms with Gasteiger partial charge in [0.05, 0.1) is 0 Å². The van der Waals surface area contributed by atoms with Crippen molar-refractivity contribution < 1.29 is 4.79 Å². The zero-order valence-electron chi connectivity index (χ0n) is 11.3. The van der Waals surface area contributed by atoms with Gasteiger partial charge in [-0.3, -0.25) is 4.79 Å². The van der Waals surface area contributed by atoms with Crippen LogP contribution in [-0.2, 0) is 17.6 Å². The molecule has 0 aromatic heterocycles. The van der Waals surface area contributed by atoms with E-state index in [2.05, 4.69) is 29.6 Å². The maximum atomic E-state index is 12.3. The number of benzene rings is 1. The summed E-state index contributed by atoms with van der Waals surface area (Å²) in [5, 5.41) is 3.11. The van der Waals surface area contributed by atoms with Crippen LogP contribution in [-0.4, -0.2) is 38.0 Å². The number of amides is 1. The largest absolute Gasteiger partial charge is 0.345 e. The van der Waals surface area contributed by atoms with E-state index in [0.29, 0.717) is 5.91 Å². The molecule has 0 aliphatic heterocycles. The van der Waals surface area contributed by atoms with Crippen molar-refractivity contribution in [2.24, 2.45) is 5.92 Å². The number of rotatable bonds is 5. The molecule has 1 amide bonds. The number of carbonyl (C=O) groups excluding carboxylic acids is 1. The summed E-state index contributed by atoms with van der Waals surface area (Å²) in [4.78, 5) is 14.2. The summed E-state index contributed by atoms with van der Waals surface area (Å²) < 4.78 is 0. The maximum absolute atomic E-state index is 12.3. The monoisotopic (exact) mass is 246 g/mol. The van der Waals surface area contributed by atoms with Gasteiger partial charge in [-0.25, -0.2) is 0 Å². The molecule has 0 spiro atoms. The van der Waals surface area contributed by atoms with Gasteiger partial charge in [0.15, 0.2) is 0 Å². The van der Waals surface area contributed by atoms with Gasteiger partial charge in [0.25, 0.3) is 0 Å². The molecule has 0 fully saturated rings. The lowest BCUT2D eigenvalue weighted by atomic mass is 10.0. The van der Waals surface area contributed by atoms with E-state index >= 15 is 0 Å². The normalized spacial score (nSPS) is 14.6. The minimum absolute atomic E-state index is 0.155. The van der Waals surface area contributed by atoms with E-state index in [1.54, 1.807) is 0 Å². The molecule has 98 valence electrons. The molecule has 0 atom stereocenters. The lowest BCUT2D eigenvalue weighted by molar-refractivity contribution is -0.133. The number of carbonyl (C=O) groups is 1. The van der Waals surface area contributed by atoms with Gasteiger partial charge in [0, 0.05) is 19.5 Å². The molecule has 0 unspecified atom stereocenters.